The van der Waals surface area contributed by atoms with E-state index in [1.807, 2.05) is 32.2 Å². The van der Waals surface area contributed by atoms with Crippen LogP contribution in [0.5, 0.6) is 0 Å². The molecule has 0 aromatic carbocycles. The molecule has 2 aromatic rings. The summed E-state index contributed by atoms with van der Waals surface area (Å²) in [6.45, 7) is 4.00. The van der Waals surface area contributed by atoms with E-state index in [-0.39, 0.29) is 0 Å². The Bertz CT molecular complexity index is 353. The third-order valence-electron chi connectivity index (χ3n) is 1.36. The minimum Gasteiger partial charge on any atom is -0.382 e. The van der Waals surface area contributed by atoms with Gasteiger partial charge in [0.05, 0.1) is 0 Å². The standard InChI is InChI=1S/C6H6N4.C2H6/c7-6-5-2-1-3-10(5)9-4-8-6;1-2/h1-4H,(H2,7,8,9);1-2H3. The molecule has 0 aliphatic rings. The van der Waals surface area contributed by atoms with Crippen molar-refractivity contribution in [1.82, 2.24) is 14.6 Å². The Morgan fingerprint density at radius 2 is 2.17 bits per heavy atom. The summed E-state index contributed by atoms with van der Waals surface area (Å²) >= 11 is 0. The molecular formula is C8H12N4. The summed E-state index contributed by atoms with van der Waals surface area (Å²) in [6.07, 6.45) is 3.26. The molecule has 0 saturated carbocycles. The Balaban J connectivity index is 0.000000336. The van der Waals surface area contributed by atoms with E-state index in [9.17, 15) is 0 Å². The molecule has 2 N–H and O–H groups in total. The van der Waals surface area contributed by atoms with E-state index < -0.39 is 0 Å². The highest BCUT2D eigenvalue weighted by Gasteiger charge is 1.95. The molecule has 0 aliphatic heterocycles. The van der Waals surface area contributed by atoms with Crippen LogP contribution < -0.4 is 5.73 Å². The van der Waals surface area contributed by atoms with Crippen LogP contribution in [0.3, 0.4) is 0 Å². The first-order chi connectivity index (χ1) is 5.88. The van der Waals surface area contributed by atoms with Gasteiger partial charge in [-0.2, -0.15) is 5.10 Å². The highest BCUT2D eigenvalue weighted by atomic mass is 15.2. The van der Waals surface area contributed by atoms with Crippen molar-refractivity contribution in [1.29, 1.82) is 0 Å². The van der Waals surface area contributed by atoms with Crippen molar-refractivity contribution in [2.45, 2.75) is 13.8 Å². The summed E-state index contributed by atoms with van der Waals surface area (Å²) in [5, 5.41) is 3.93. The maximum atomic E-state index is 5.53. The normalized spacial score (nSPS) is 9.17. The van der Waals surface area contributed by atoms with Crippen molar-refractivity contribution in [3.8, 4) is 0 Å². The van der Waals surface area contributed by atoms with Gasteiger partial charge in [0.15, 0.2) is 5.82 Å². The average molecular weight is 164 g/mol. The van der Waals surface area contributed by atoms with Gasteiger partial charge in [-0.1, -0.05) is 13.8 Å². The van der Waals surface area contributed by atoms with Crippen LogP contribution >= 0.6 is 0 Å². The molecule has 2 heterocycles. The number of nitrogen functional groups attached to an aromatic ring is 1. The van der Waals surface area contributed by atoms with Gasteiger partial charge in [0.1, 0.15) is 11.8 Å². The molecule has 2 aromatic heterocycles. The second-order valence-corrected chi connectivity index (χ2v) is 1.98. The highest BCUT2D eigenvalue weighted by molar-refractivity contribution is 5.63. The van der Waals surface area contributed by atoms with Crippen LogP contribution in [-0.4, -0.2) is 14.6 Å². The van der Waals surface area contributed by atoms with Crippen LogP contribution in [0, 0.1) is 0 Å². The first kappa shape index (κ1) is 8.52. The predicted octanol–water partition coefficient (Wildman–Crippen LogP) is 1.34. The van der Waals surface area contributed by atoms with Gasteiger partial charge in [-0.05, 0) is 12.1 Å². The lowest BCUT2D eigenvalue weighted by molar-refractivity contribution is 0.908. The minimum absolute atomic E-state index is 0.514. The smallest absolute Gasteiger partial charge is 0.151 e. The summed E-state index contributed by atoms with van der Waals surface area (Å²) in [5.74, 6) is 0.514. The first-order valence-corrected chi connectivity index (χ1v) is 3.92. The summed E-state index contributed by atoms with van der Waals surface area (Å²) in [4.78, 5) is 3.83. The SMILES string of the molecule is CC.Nc1ncnn2cccc12. The van der Waals surface area contributed by atoms with Crippen LogP contribution in [0.25, 0.3) is 5.52 Å². The maximum Gasteiger partial charge on any atom is 0.151 e. The van der Waals surface area contributed by atoms with Crippen molar-refractivity contribution in [2.75, 3.05) is 5.73 Å². The number of hydrogen-bond acceptors (Lipinski definition) is 3. The molecule has 4 nitrogen and oxygen atoms in total. The molecule has 0 bridgehead atoms. The molecule has 0 fully saturated rings. The van der Waals surface area contributed by atoms with E-state index in [1.165, 1.54) is 6.33 Å². The zero-order valence-electron chi connectivity index (χ0n) is 7.23. The average Bonchev–Trinajstić information content (AvgIpc) is 2.57. The molecule has 0 unspecified atom stereocenters. The molecule has 64 valence electrons. The minimum atomic E-state index is 0.514. The monoisotopic (exact) mass is 164 g/mol. The second-order valence-electron chi connectivity index (χ2n) is 1.98. The van der Waals surface area contributed by atoms with Crippen molar-refractivity contribution >= 4 is 11.3 Å². The Kier molecular flexibility index (Phi) is 2.63. The van der Waals surface area contributed by atoms with E-state index in [2.05, 4.69) is 10.1 Å². The van der Waals surface area contributed by atoms with E-state index in [1.54, 1.807) is 4.52 Å². The van der Waals surface area contributed by atoms with Crippen LogP contribution in [0.1, 0.15) is 13.8 Å². The zero-order valence-corrected chi connectivity index (χ0v) is 7.23. The quantitative estimate of drug-likeness (QED) is 0.639. The molecule has 0 amide bonds. The van der Waals surface area contributed by atoms with Crippen molar-refractivity contribution < 1.29 is 0 Å². The van der Waals surface area contributed by atoms with Crippen LogP contribution in [-0.2, 0) is 0 Å². The summed E-state index contributed by atoms with van der Waals surface area (Å²) < 4.78 is 1.68. The summed E-state index contributed by atoms with van der Waals surface area (Å²) in [7, 11) is 0. The van der Waals surface area contributed by atoms with E-state index in [0.29, 0.717) is 5.82 Å². The van der Waals surface area contributed by atoms with Crippen LogP contribution in [0.2, 0.25) is 0 Å². The van der Waals surface area contributed by atoms with Gasteiger partial charge in [-0.25, -0.2) is 9.50 Å². The molecule has 0 saturated heterocycles. The molecule has 0 aliphatic carbocycles. The van der Waals surface area contributed by atoms with Gasteiger partial charge in [-0.15, -0.1) is 0 Å². The molecular weight excluding hydrogens is 152 g/mol. The molecule has 0 atom stereocenters. The zero-order chi connectivity index (χ0) is 8.97. The van der Waals surface area contributed by atoms with E-state index in [0.717, 1.165) is 5.52 Å². The number of nitrogens with two attached hydrogens (primary N) is 1. The number of nitrogens with zero attached hydrogens (tertiary/aromatic N) is 3. The van der Waals surface area contributed by atoms with Crippen molar-refractivity contribution in [2.24, 2.45) is 0 Å². The molecule has 12 heavy (non-hydrogen) atoms. The molecule has 0 radical (unpaired) electrons. The second kappa shape index (κ2) is 3.71. The number of fused-ring (bicyclic) bond motifs is 1. The van der Waals surface area contributed by atoms with Gasteiger partial charge in [0, 0.05) is 6.20 Å². The van der Waals surface area contributed by atoms with Crippen molar-refractivity contribution in [3.63, 3.8) is 0 Å². The summed E-state index contributed by atoms with van der Waals surface area (Å²) in [6, 6.07) is 3.75. The third-order valence-corrected chi connectivity index (χ3v) is 1.36. The lowest BCUT2D eigenvalue weighted by atomic mass is 10.5. The fourth-order valence-corrected chi connectivity index (χ4v) is 0.886. The molecule has 0 spiro atoms. The Morgan fingerprint density at radius 1 is 1.42 bits per heavy atom. The Morgan fingerprint density at radius 3 is 2.83 bits per heavy atom. The number of aromatic nitrogens is 3. The Hall–Kier alpha value is -1.58. The van der Waals surface area contributed by atoms with Gasteiger partial charge in [-0.3, -0.25) is 0 Å². The van der Waals surface area contributed by atoms with Gasteiger partial charge >= 0.3 is 0 Å². The maximum absolute atomic E-state index is 5.53. The number of hydrogen-bond donors (Lipinski definition) is 1. The van der Waals surface area contributed by atoms with Crippen molar-refractivity contribution in [3.05, 3.63) is 24.7 Å². The Labute approximate surface area is 71.0 Å². The molecule has 2 rings (SSSR count). The van der Waals surface area contributed by atoms with Gasteiger partial charge in [0.25, 0.3) is 0 Å². The predicted molar refractivity (Wildman–Crippen MR) is 48.7 cm³/mol. The number of rotatable bonds is 0. The fraction of sp³-hybridized carbons (Fsp3) is 0.250. The lowest BCUT2D eigenvalue weighted by Gasteiger charge is -1.93. The number of anilines is 1. The lowest BCUT2D eigenvalue weighted by Crippen LogP contribution is -1.96. The largest absolute Gasteiger partial charge is 0.382 e. The van der Waals surface area contributed by atoms with E-state index >= 15 is 0 Å². The van der Waals surface area contributed by atoms with Crippen LogP contribution in [0.4, 0.5) is 5.82 Å². The van der Waals surface area contributed by atoms with Gasteiger partial charge in [0.2, 0.25) is 0 Å². The summed E-state index contributed by atoms with van der Waals surface area (Å²) in [5.41, 5.74) is 6.38. The van der Waals surface area contributed by atoms with E-state index in [4.69, 9.17) is 5.73 Å². The van der Waals surface area contributed by atoms with Crippen LogP contribution in [0.15, 0.2) is 24.7 Å². The van der Waals surface area contributed by atoms with Gasteiger partial charge < -0.3 is 5.73 Å². The highest BCUT2D eigenvalue weighted by Crippen LogP contribution is 2.06. The third kappa shape index (κ3) is 1.37. The topological polar surface area (TPSA) is 56.2 Å². The first-order valence-electron chi connectivity index (χ1n) is 3.92. The molecule has 4 heteroatoms. The fourth-order valence-electron chi connectivity index (χ4n) is 0.886.